The van der Waals surface area contributed by atoms with Crippen molar-refractivity contribution in [2.24, 2.45) is 11.3 Å². The van der Waals surface area contributed by atoms with Crippen LogP contribution in [0, 0.1) is 11.3 Å². The second-order valence-corrected chi connectivity index (χ2v) is 4.76. The Hall–Kier alpha value is -0.570. The standard InChI is InChI=1S/C12H24O3/c1-5-12(4,11(13)14)7-9-15-8-6-10(2)3/h10H,5-9H2,1-4H3,(H,13,14). The van der Waals surface area contributed by atoms with E-state index in [4.69, 9.17) is 9.84 Å². The summed E-state index contributed by atoms with van der Waals surface area (Å²) in [4.78, 5) is 11.0. The van der Waals surface area contributed by atoms with Gasteiger partial charge in [0, 0.05) is 13.2 Å². The Labute approximate surface area is 92.8 Å². The maximum Gasteiger partial charge on any atom is 0.309 e. The van der Waals surface area contributed by atoms with E-state index < -0.39 is 11.4 Å². The minimum atomic E-state index is -0.725. The number of rotatable bonds is 8. The molecule has 0 saturated carbocycles. The lowest BCUT2D eigenvalue weighted by Crippen LogP contribution is -2.28. The van der Waals surface area contributed by atoms with Crippen molar-refractivity contribution in [2.45, 2.75) is 47.0 Å². The number of ether oxygens (including phenoxy) is 1. The maximum absolute atomic E-state index is 11.0. The Morgan fingerprint density at radius 2 is 2.00 bits per heavy atom. The second kappa shape index (κ2) is 6.83. The van der Waals surface area contributed by atoms with E-state index >= 15 is 0 Å². The lowest BCUT2D eigenvalue weighted by Gasteiger charge is -2.22. The molecule has 0 fully saturated rings. The van der Waals surface area contributed by atoms with Crippen LogP contribution in [-0.2, 0) is 9.53 Å². The molecule has 0 aliphatic carbocycles. The van der Waals surface area contributed by atoms with Gasteiger partial charge in [-0.15, -0.1) is 0 Å². The molecule has 0 aromatic heterocycles. The molecule has 0 rings (SSSR count). The summed E-state index contributed by atoms with van der Waals surface area (Å²) >= 11 is 0. The van der Waals surface area contributed by atoms with E-state index in [0.29, 0.717) is 25.4 Å². The third-order valence-electron chi connectivity index (χ3n) is 2.93. The first-order valence-electron chi connectivity index (χ1n) is 5.73. The van der Waals surface area contributed by atoms with E-state index in [1.165, 1.54) is 0 Å². The van der Waals surface area contributed by atoms with Crippen molar-refractivity contribution >= 4 is 5.97 Å². The first kappa shape index (κ1) is 14.4. The quantitative estimate of drug-likeness (QED) is 0.634. The minimum absolute atomic E-state index is 0.545. The molecule has 0 aliphatic rings. The average Bonchev–Trinajstić information content (AvgIpc) is 2.16. The maximum atomic E-state index is 11.0. The molecule has 0 saturated heterocycles. The van der Waals surface area contributed by atoms with Crippen molar-refractivity contribution in [2.75, 3.05) is 13.2 Å². The number of carbonyl (C=O) groups is 1. The topological polar surface area (TPSA) is 46.5 Å². The van der Waals surface area contributed by atoms with Gasteiger partial charge in [0.05, 0.1) is 5.41 Å². The molecule has 1 unspecified atom stereocenters. The van der Waals surface area contributed by atoms with Crippen LogP contribution >= 0.6 is 0 Å². The third kappa shape index (κ3) is 5.78. The normalized spacial score (nSPS) is 15.3. The van der Waals surface area contributed by atoms with Gasteiger partial charge < -0.3 is 9.84 Å². The molecule has 15 heavy (non-hydrogen) atoms. The fourth-order valence-corrected chi connectivity index (χ4v) is 1.15. The van der Waals surface area contributed by atoms with Crippen molar-refractivity contribution in [1.29, 1.82) is 0 Å². The monoisotopic (exact) mass is 216 g/mol. The molecule has 0 aromatic rings. The summed E-state index contributed by atoms with van der Waals surface area (Å²) in [7, 11) is 0. The molecule has 0 amide bonds. The molecule has 1 N–H and O–H groups in total. The predicted octanol–water partition coefficient (Wildman–Crippen LogP) is 2.94. The number of hydrogen-bond acceptors (Lipinski definition) is 2. The molecule has 0 radical (unpaired) electrons. The molecule has 0 bridgehead atoms. The summed E-state index contributed by atoms with van der Waals surface area (Å²) in [5.41, 5.74) is -0.627. The van der Waals surface area contributed by atoms with E-state index in [9.17, 15) is 4.79 Å². The van der Waals surface area contributed by atoms with Gasteiger partial charge in [0.15, 0.2) is 0 Å². The molecule has 3 nitrogen and oxygen atoms in total. The first-order valence-corrected chi connectivity index (χ1v) is 5.73. The van der Waals surface area contributed by atoms with Gasteiger partial charge in [-0.3, -0.25) is 4.79 Å². The van der Waals surface area contributed by atoms with Crippen LogP contribution in [0.2, 0.25) is 0 Å². The number of aliphatic carboxylic acids is 1. The van der Waals surface area contributed by atoms with E-state index in [1.54, 1.807) is 6.92 Å². The predicted molar refractivity (Wildman–Crippen MR) is 60.9 cm³/mol. The highest BCUT2D eigenvalue weighted by molar-refractivity contribution is 5.73. The molecular weight excluding hydrogens is 192 g/mol. The van der Waals surface area contributed by atoms with Crippen LogP contribution in [0.5, 0.6) is 0 Å². The Morgan fingerprint density at radius 3 is 2.40 bits per heavy atom. The fraction of sp³-hybridized carbons (Fsp3) is 0.917. The van der Waals surface area contributed by atoms with Crippen molar-refractivity contribution < 1.29 is 14.6 Å². The lowest BCUT2D eigenvalue weighted by molar-refractivity contribution is -0.149. The highest BCUT2D eigenvalue weighted by atomic mass is 16.5. The largest absolute Gasteiger partial charge is 0.481 e. The number of carboxylic acids is 1. The summed E-state index contributed by atoms with van der Waals surface area (Å²) in [5.74, 6) is -0.0838. The average molecular weight is 216 g/mol. The Morgan fingerprint density at radius 1 is 1.40 bits per heavy atom. The van der Waals surface area contributed by atoms with Gasteiger partial charge in [-0.2, -0.15) is 0 Å². The lowest BCUT2D eigenvalue weighted by atomic mass is 9.84. The highest BCUT2D eigenvalue weighted by Crippen LogP contribution is 2.25. The van der Waals surface area contributed by atoms with Crippen LogP contribution in [-0.4, -0.2) is 24.3 Å². The van der Waals surface area contributed by atoms with Crippen molar-refractivity contribution in [3.05, 3.63) is 0 Å². The summed E-state index contributed by atoms with van der Waals surface area (Å²) in [6.45, 7) is 9.26. The van der Waals surface area contributed by atoms with Gasteiger partial charge >= 0.3 is 5.97 Å². The van der Waals surface area contributed by atoms with E-state index in [2.05, 4.69) is 13.8 Å². The summed E-state index contributed by atoms with van der Waals surface area (Å²) in [6, 6.07) is 0. The zero-order valence-corrected chi connectivity index (χ0v) is 10.4. The van der Waals surface area contributed by atoms with Crippen molar-refractivity contribution in [3.8, 4) is 0 Å². The van der Waals surface area contributed by atoms with Gasteiger partial charge in [0.2, 0.25) is 0 Å². The summed E-state index contributed by atoms with van der Waals surface area (Å²) < 4.78 is 5.43. The highest BCUT2D eigenvalue weighted by Gasteiger charge is 2.30. The number of hydrogen-bond donors (Lipinski definition) is 1. The molecule has 0 spiro atoms. The molecule has 0 aliphatic heterocycles. The zero-order valence-electron chi connectivity index (χ0n) is 10.4. The van der Waals surface area contributed by atoms with Gasteiger partial charge in [-0.25, -0.2) is 0 Å². The van der Waals surface area contributed by atoms with Crippen molar-refractivity contribution in [1.82, 2.24) is 0 Å². The minimum Gasteiger partial charge on any atom is -0.481 e. The van der Waals surface area contributed by atoms with E-state index in [0.717, 1.165) is 13.0 Å². The molecule has 0 heterocycles. The molecule has 1 atom stereocenters. The van der Waals surface area contributed by atoms with E-state index in [1.807, 2.05) is 6.92 Å². The van der Waals surface area contributed by atoms with E-state index in [-0.39, 0.29) is 0 Å². The SMILES string of the molecule is CCC(C)(CCOCCC(C)C)C(=O)O. The Bertz CT molecular complexity index is 189. The van der Waals surface area contributed by atoms with Gasteiger partial charge in [0.1, 0.15) is 0 Å². The van der Waals surface area contributed by atoms with Crippen LogP contribution in [0.4, 0.5) is 0 Å². The summed E-state index contributed by atoms with van der Waals surface area (Å²) in [5, 5.41) is 9.02. The molecule has 0 aromatic carbocycles. The van der Waals surface area contributed by atoms with Crippen LogP contribution in [0.25, 0.3) is 0 Å². The Kier molecular flexibility index (Phi) is 6.57. The second-order valence-electron chi connectivity index (χ2n) is 4.76. The fourth-order valence-electron chi connectivity index (χ4n) is 1.15. The molecule has 90 valence electrons. The third-order valence-corrected chi connectivity index (χ3v) is 2.93. The van der Waals surface area contributed by atoms with Crippen molar-refractivity contribution in [3.63, 3.8) is 0 Å². The van der Waals surface area contributed by atoms with Gasteiger partial charge in [-0.05, 0) is 32.1 Å². The van der Waals surface area contributed by atoms with Crippen LogP contribution in [0.1, 0.15) is 47.0 Å². The van der Waals surface area contributed by atoms with Gasteiger partial charge in [-0.1, -0.05) is 20.8 Å². The van der Waals surface area contributed by atoms with Crippen LogP contribution in [0.15, 0.2) is 0 Å². The molecular formula is C12H24O3. The molecule has 3 heteroatoms. The number of carboxylic acid groups (broad SMARTS) is 1. The van der Waals surface area contributed by atoms with Gasteiger partial charge in [0.25, 0.3) is 0 Å². The smallest absolute Gasteiger partial charge is 0.309 e. The van der Waals surface area contributed by atoms with Crippen LogP contribution in [0.3, 0.4) is 0 Å². The Balaban J connectivity index is 3.69. The summed E-state index contributed by atoms with van der Waals surface area (Å²) in [6.07, 6.45) is 2.28. The van der Waals surface area contributed by atoms with Crippen LogP contribution < -0.4 is 0 Å². The first-order chi connectivity index (χ1) is 6.92. The zero-order chi connectivity index (χ0) is 11.9.